The molecule has 0 bridgehead atoms. The summed E-state index contributed by atoms with van der Waals surface area (Å²) in [4.78, 5) is 0. The zero-order chi connectivity index (χ0) is 23.4. The van der Waals surface area contributed by atoms with Gasteiger partial charge in [-0.05, 0) is 24.5 Å². The van der Waals surface area contributed by atoms with E-state index in [4.69, 9.17) is 0 Å². The zero-order valence-corrected chi connectivity index (χ0v) is 17.1. The molecule has 0 N–H and O–H groups in total. The van der Waals surface area contributed by atoms with E-state index < -0.39 is 14.5 Å². The molecule has 2 aromatic rings. The van der Waals surface area contributed by atoms with Crippen LogP contribution >= 0.6 is 0 Å². The lowest BCUT2D eigenvalue weighted by atomic mass is 10.1. The summed E-state index contributed by atoms with van der Waals surface area (Å²) in [5, 5.41) is 0. The number of halogens is 8. The summed E-state index contributed by atoms with van der Waals surface area (Å²) in [6.07, 6.45) is 12.4. The number of hydrogen-bond acceptors (Lipinski definition) is 0. The molecule has 0 aliphatic heterocycles. The van der Waals surface area contributed by atoms with Gasteiger partial charge in [0.2, 0.25) is 0 Å². The number of nitrogens with zero attached hydrogens (tertiary/aromatic N) is 2. The Hall–Kier alpha value is -2.13. The fourth-order valence-electron chi connectivity index (χ4n) is 2.63. The van der Waals surface area contributed by atoms with Crippen molar-refractivity contribution in [1.82, 2.24) is 0 Å². The van der Waals surface area contributed by atoms with Gasteiger partial charge < -0.3 is 34.5 Å². The minimum Gasteiger partial charge on any atom is -0.418 e. The Kier molecular flexibility index (Phi) is 12.3. The number of aryl methyl sites for hydroxylation is 1. The number of aromatic nitrogens is 2. The molecule has 2 rings (SSSR count). The van der Waals surface area contributed by atoms with Crippen molar-refractivity contribution in [2.45, 2.75) is 52.6 Å². The minimum atomic E-state index is -6.00. The summed E-state index contributed by atoms with van der Waals surface area (Å²) < 4.78 is 82.5. The van der Waals surface area contributed by atoms with Crippen LogP contribution in [0, 0.1) is 0 Å². The van der Waals surface area contributed by atoms with Gasteiger partial charge in [-0.25, -0.2) is 9.13 Å². The average molecular weight is 444 g/mol. The van der Waals surface area contributed by atoms with Crippen LogP contribution in [-0.4, -0.2) is 14.5 Å². The molecule has 170 valence electrons. The van der Waals surface area contributed by atoms with Gasteiger partial charge in [-0.15, -0.1) is 0 Å². The van der Waals surface area contributed by atoms with Gasteiger partial charge in [0, 0.05) is 37.1 Å². The molecule has 0 spiro atoms. The van der Waals surface area contributed by atoms with Crippen LogP contribution in [0.2, 0.25) is 0 Å². The van der Waals surface area contributed by atoms with Crippen LogP contribution in [0.25, 0.3) is 11.1 Å². The third kappa shape index (κ3) is 14.8. The van der Waals surface area contributed by atoms with Crippen molar-refractivity contribution >= 4 is 14.5 Å². The van der Waals surface area contributed by atoms with Gasteiger partial charge in [-0.1, -0.05) is 13.8 Å². The fourth-order valence-corrected chi connectivity index (χ4v) is 2.63. The Morgan fingerprint density at radius 3 is 1.37 bits per heavy atom. The molecule has 0 radical (unpaired) electrons. The maximum absolute atomic E-state index is 9.75. The summed E-state index contributed by atoms with van der Waals surface area (Å²) >= 11 is 0. The van der Waals surface area contributed by atoms with Gasteiger partial charge in [0.1, 0.15) is 6.54 Å². The van der Waals surface area contributed by atoms with Crippen LogP contribution in [0.3, 0.4) is 0 Å². The van der Waals surface area contributed by atoms with E-state index in [1.165, 1.54) is 30.4 Å². The molecule has 0 aliphatic carbocycles. The SMILES string of the molecule is CCCC(CC)[n+]1ccc(-c2cc[n+](CC)cc2)cc1.F[B-](F)(F)F.F[B-](F)(F)F. The van der Waals surface area contributed by atoms with Crippen LogP contribution in [0.1, 0.15) is 46.1 Å². The maximum atomic E-state index is 9.75. The van der Waals surface area contributed by atoms with E-state index in [-0.39, 0.29) is 0 Å². The predicted octanol–water partition coefficient (Wildman–Crippen LogP) is 6.30. The summed E-state index contributed by atoms with van der Waals surface area (Å²) in [6, 6.07) is 9.46. The molecule has 2 nitrogen and oxygen atoms in total. The Morgan fingerprint density at radius 2 is 1.07 bits per heavy atom. The van der Waals surface area contributed by atoms with E-state index in [9.17, 15) is 34.5 Å². The zero-order valence-electron chi connectivity index (χ0n) is 17.1. The summed E-state index contributed by atoms with van der Waals surface area (Å²) in [7, 11) is -12.0. The Morgan fingerprint density at radius 1 is 0.700 bits per heavy atom. The predicted molar refractivity (Wildman–Crippen MR) is 103 cm³/mol. The molecular formula is C18H26B2F8N2. The summed E-state index contributed by atoms with van der Waals surface area (Å²) in [5.74, 6) is 0. The molecule has 2 aromatic heterocycles. The summed E-state index contributed by atoms with van der Waals surface area (Å²) in [5.41, 5.74) is 2.57. The molecule has 0 saturated heterocycles. The molecule has 0 aliphatic rings. The highest BCUT2D eigenvalue weighted by Crippen LogP contribution is 2.17. The first-order chi connectivity index (χ1) is 13.8. The van der Waals surface area contributed by atoms with E-state index in [1.807, 2.05) is 0 Å². The van der Waals surface area contributed by atoms with Crippen LogP contribution < -0.4 is 9.13 Å². The van der Waals surface area contributed by atoms with Crippen molar-refractivity contribution < 1.29 is 43.7 Å². The molecule has 0 aromatic carbocycles. The monoisotopic (exact) mass is 444 g/mol. The molecular weight excluding hydrogens is 418 g/mol. The number of pyridine rings is 2. The van der Waals surface area contributed by atoms with Crippen LogP contribution in [0.15, 0.2) is 49.1 Å². The van der Waals surface area contributed by atoms with Gasteiger partial charge >= 0.3 is 14.5 Å². The highest BCUT2D eigenvalue weighted by atomic mass is 19.5. The largest absolute Gasteiger partial charge is 0.673 e. The first-order valence-electron chi connectivity index (χ1n) is 9.53. The Bertz CT molecular complexity index is 680. The van der Waals surface area contributed by atoms with Gasteiger partial charge in [-0.3, -0.25) is 0 Å². The second kappa shape index (κ2) is 13.2. The van der Waals surface area contributed by atoms with Gasteiger partial charge in [0.05, 0.1) is 0 Å². The van der Waals surface area contributed by atoms with Crippen LogP contribution in [-0.2, 0) is 6.54 Å². The minimum absolute atomic E-state index is 0.632. The maximum Gasteiger partial charge on any atom is 0.673 e. The lowest BCUT2D eigenvalue weighted by Crippen LogP contribution is -2.38. The van der Waals surface area contributed by atoms with E-state index in [1.54, 1.807) is 0 Å². The van der Waals surface area contributed by atoms with Crippen molar-refractivity contribution in [2.24, 2.45) is 0 Å². The van der Waals surface area contributed by atoms with Gasteiger partial charge in [0.25, 0.3) is 0 Å². The molecule has 0 saturated carbocycles. The highest BCUT2D eigenvalue weighted by Gasteiger charge is 2.21. The third-order valence-electron chi connectivity index (χ3n) is 3.96. The smallest absolute Gasteiger partial charge is 0.418 e. The normalized spacial score (nSPS) is 12.2. The second-order valence-electron chi connectivity index (χ2n) is 6.29. The van der Waals surface area contributed by atoms with E-state index in [0.717, 1.165) is 6.54 Å². The van der Waals surface area contributed by atoms with Gasteiger partial charge in [0.15, 0.2) is 30.8 Å². The molecule has 0 amide bonds. The third-order valence-corrected chi connectivity index (χ3v) is 3.96. The average Bonchev–Trinajstić information content (AvgIpc) is 2.64. The lowest BCUT2D eigenvalue weighted by molar-refractivity contribution is -0.724. The summed E-state index contributed by atoms with van der Waals surface area (Å²) in [6.45, 7) is 7.69. The molecule has 1 atom stereocenters. The molecule has 30 heavy (non-hydrogen) atoms. The number of rotatable bonds is 6. The highest BCUT2D eigenvalue weighted by molar-refractivity contribution is 6.50. The van der Waals surface area contributed by atoms with Crippen molar-refractivity contribution in [3.8, 4) is 11.1 Å². The van der Waals surface area contributed by atoms with Crippen molar-refractivity contribution in [3.05, 3.63) is 49.1 Å². The van der Waals surface area contributed by atoms with E-state index in [0.29, 0.717) is 6.04 Å². The fraction of sp³-hybridized carbons (Fsp3) is 0.444. The Labute approximate surface area is 171 Å². The molecule has 0 fully saturated rings. The van der Waals surface area contributed by atoms with Crippen molar-refractivity contribution in [2.75, 3.05) is 0 Å². The van der Waals surface area contributed by atoms with E-state index >= 15 is 0 Å². The molecule has 12 heteroatoms. The van der Waals surface area contributed by atoms with Crippen molar-refractivity contribution in [3.63, 3.8) is 0 Å². The van der Waals surface area contributed by atoms with Crippen molar-refractivity contribution in [1.29, 1.82) is 0 Å². The number of hydrogen-bond donors (Lipinski definition) is 0. The standard InChI is InChI=1S/C18H26N2.2BF4/c1-4-7-18(5-2)20-14-10-17(11-15-20)16-8-12-19(6-3)13-9-16;2*2-1(3,4)5/h8-15,18H,4-7H2,1-3H3;;/q+2;2*-1. The van der Waals surface area contributed by atoms with E-state index in [2.05, 4.69) is 79.0 Å². The first kappa shape index (κ1) is 27.9. The second-order valence-corrected chi connectivity index (χ2v) is 6.29. The molecule has 1 unspecified atom stereocenters. The Balaban J connectivity index is 0.000000702. The van der Waals surface area contributed by atoms with Crippen LogP contribution in [0.5, 0.6) is 0 Å². The lowest BCUT2D eigenvalue weighted by Gasteiger charge is -2.09. The van der Waals surface area contributed by atoms with Gasteiger partial charge in [-0.2, -0.15) is 0 Å². The van der Waals surface area contributed by atoms with Crippen LogP contribution in [0.4, 0.5) is 34.5 Å². The quantitative estimate of drug-likeness (QED) is 0.281. The molecule has 2 heterocycles. The topological polar surface area (TPSA) is 7.76 Å². The first-order valence-corrected chi connectivity index (χ1v) is 9.53.